The number of aliphatic hydroxyl groups is 1. The van der Waals surface area contributed by atoms with Crippen molar-refractivity contribution >= 4 is 34.0 Å². The summed E-state index contributed by atoms with van der Waals surface area (Å²) in [6.45, 7) is 10.2. The summed E-state index contributed by atoms with van der Waals surface area (Å²) in [7, 11) is 0. The molecule has 3 aromatic carbocycles. The van der Waals surface area contributed by atoms with Gasteiger partial charge in [0.1, 0.15) is 11.5 Å². The van der Waals surface area contributed by atoms with E-state index in [1.807, 2.05) is 77.1 Å². The van der Waals surface area contributed by atoms with Gasteiger partial charge in [0.2, 0.25) is 0 Å². The minimum atomic E-state index is -0.801. The van der Waals surface area contributed by atoms with Crippen LogP contribution in [0, 0.1) is 27.7 Å². The van der Waals surface area contributed by atoms with Crippen LogP contribution in [0.2, 0.25) is 0 Å². The molecule has 2 N–H and O–H groups in total. The smallest absolute Gasteiger partial charge is 0.300 e. The fraction of sp³-hybridized carbons (Fsp3) is 0.226. The predicted molar refractivity (Wildman–Crippen MR) is 146 cm³/mol. The Hall–Kier alpha value is -4.32. The zero-order chi connectivity index (χ0) is 26.4. The Morgan fingerprint density at radius 1 is 0.946 bits per heavy atom. The number of ether oxygens (including phenoxy) is 1. The van der Waals surface area contributed by atoms with Crippen LogP contribution in [-0.4, -0.2) is 28.4 Å². The molecule has 1 unspecified atom stereocenters. The van der Waals surface area contributed by atoms with Gasteiger partial charge in [-0.05, 0) is 87.7 Å². The third-order valence-corrected chi connectivity index (χ3v) is 7.18. The molecule has 4 aromatic rings. The molecule has 5 rings (SSSR count). The number of Topliss-reactive ketones (excluding diaryl/α,β-unsaturated/α-hetero) is 1. The molecule has 37 heavy (non-hydrogen) atoms. The first-order valence-electron chi connectivity index (χ1n) is 12.4. The summed E-state index contributed by atoms with van der Waals surface area (Å²) in [6.07, 6.45) is 0. The predicted octanol–water partition coefficient (Wildman–Crippen LogP) is 6.43. The van der Waals surface area contributed by atoms with Gasteiger partial charge in [0, 0.05) is 33.4 Å². The van der Waals surface area contributed by atoms with Gasteiger partial charge in [-0.15, -0.1) is 0 Å². The normalized spacial score (nSPS) is 17.1. The number of aliphatic hydroxyl groups excluding tert-OH is 1. The number of benzene rings is 3. The Morgan fingerprint density at radius 3 is 2.41 bits per heavy atom. The van der Waals surface area contributed by atoms with Crippen molar-refractivity contribution in [2.75, 3.05) is 11.5 Å². The molecule has 1 fully saturated rings. The van der Waals surface area contributed by atoms with Crippen LogP contribution in [0.1, 0.15) is 46.5 Å². The topological polar surface area (TPSA) is 82.6 Å². The molecule has 1 aliphatic heterocycles. The van der Waals surface area contributed by atoms with Crippen LogP contribution in [0.5, 0.6) is 5.75 Å². The lowest BCUT2D eigenvalue weighted by Gasteiger charge is -2.26. The number of aryl methyl sites for hydroxylation is 4. The van der Waals surface area contributed by atoms with Gasteiger partial charge in [-0.1, -0.05) is 24.3 Å². The monoisotopic (exact) mass is 494 g/mol. The number of anilines is 1. The number of H-pyrrole nitrogens is 1. The van der Waals surface area contributed by atoms with Crippen molar-refractivity contribution in [2.45, 2.75) is 40.7 Å². The average molecular weight is 495 g/mol. The van der Waals surface area contributed by atoms with Gasteiger partial charge < -0.3 is 14.8 Å². The van der Waals surface area contributed by atoms with Crippen molar-refractivity contribution in [1.82, 2.24) is 4.98 Å². The molecule has 1 aliphatic rings. The van der Waals surface area contributed by atoms with E-state index in [1.165, 1.54) is 4.90 Å². The first-order valence-corrected chi connectivity index (χ1v) is 12.4. The van der Waals surface area contributed by atoms with E-state index in [9.17, 15) is 14.7 Å². The molecule has 1 amide bonds. The highest BCUT2D eigenvalue weighted by atomic mass is 16.5. The number of hydrogen-bond donors (Lipinski definition) is 2. The number of rotatable bonds is 5. The summed E-state index contributed by atoms with van der Waals surface area (Å²) in [6, 6.07) is 18.0. The van der Waals surface area contributed by atoms with Gasteiger partial charge in [-0.3, -0.25) is 14.5 Å². The number of aromatic nitrogens is 1. The lowest BCUT2D eigenvalue weighted by atomic mass is 9.92. The maximum Gasteiger partial charge on any atom is 0.300 e. The third kappa shape index (κ3) is 3.99. The number of para-hydroxylation sites is 1. The van der Waals surface area contributed by atoms with Crippen LogP contribution in [0.3, 0.4) is 0 Å². The van der Waals surface area contributed by atoms with E-state index >= 15 is 0 Å². The van der Waals surface area contributed by atoms with E-state index in [2.05, 4.69) is 4.98 Å². The number of amides is 1. The van der Waals surface area contributed by atoms with Crippen molar-refractivity contribution in [3.05, 3.63) is 99.7 Å². The van der Waals surface area contributed by atoms with Gasteiger partial charge in [0.25, 0.3) is 11.7 Å². The summed E-state index contributed by atoms with van der Waals surface area (Å²) in [5, 5.41) is 12.5. The van der Waals surface area contributed by atoms with Crippen LogP contribution in [0.4, 0.5) is 5.69 Å². The van der Waals surface area contributed by atoms with Crippen LogP contribution >= 0.6 is 0 Å². The van der Waals surface area contributed by atoms with Gasteiger partial charge in [0.05, 0.1) is 18.2 Å². The second-order valence-electron chi connectivity index (χ2n) is 9.56. The second kappa shape index (κ2) is 9.28. The zero-order valence-electron chi connectivity index (χ0n) is 21.7. The van der Waals surface area contributed by atoms with Gasteiger partial charge in [0.15, 0.2) is 0 Å². The molecule has 2 heterocycles. The van der Waals surface area contributed by atoms with Crippen LogP contribution in [0.25, 0.3) is 16.7 Å². The van der Waals surface area contributed by atoms with Crippen molar-refractivity contribution in [3.8, 4) is 5.75 Å². The lowest BCUT2D eigenvalue weighted by molar-refractivity contribution is -0.132. The average Bonchev–Trinajstić information content (AvgIpc) is 3.34. The summed E-state index contributed by atoms with van der Waals surface area (Å²) >= 11 is 0. The van der Waals surface area contributed by atoms with E-state index in [4.69, 9.17) is 4.74 Å². The van der Waals surface area contributed by atoms with Crippen molar-refractivity contribution in [3.63, 3.8) is 0 Å². The Balaban J connectivity index is 1.78. The molecule has 1 atom stereocenters. The number of nitrogens with one attached hydrogen (secondary N) is 1. The Labute approximate surface area is 216 Å². The minimum Gasteiger partial charge on any atom is -0.507 e. The highest BCUT2D eigenvalue weighted by molar-refractivity contribution is 6.52. The summed E-state index contributed by atoms with van der Waals surface area (Å²) in [4.78, 5) is 32.1. The molecule has 6 nitrogen and oxygen atoms in total. The van der Waals surface area contributed by atoms with Crippen molar-refractivity contribution in [1.29, 1.82) is 0 Å². The maximum absolute atomic E-state index is 13.6. The number of hydrogen-bond acceptors (Lipinski definition) is 4. The first-order chi connectivity index (χ1) is 17.7. The quantitative estimate of drug-likeness (QED) is 0.190. The van der Waals surface area contributed by atoms with E-state index in [1.54, 1.807) is 18.2 Å². The highest BCUT2D eigenvalue weighted by Crippen LogP contribution is 2.46. The zero-order valence-corrected chi connectivity index (χ0v) is 21.7. The molecule has 0 spiro atoms. The number of aromatic amines is 1. The first kappa shape index (κ1) is 24.4. The minimum absolute atomic E-state index is 0.0691. The van der Waals surface area contributed by atoms with Crippen LogP contribution in [0.15, 0.2) is 66.2 Å². The molecule has 1 saturated heterocycles. The lowest BCUT2D eigenvalue weighted by Crippen LogP contribution is -2.29. The number of fused-ring (bicyclic) bond motifs is 1. The fourth-order valence-corrected chi connectivity index (χ4v) is 5.17. The number of ketones is 1. The molecule has 188 valence electrons. The van der Waals surface area contributed by atoms with Crippen LogP contribution in [-0.2, 0) is 9.59 Å². The summed E-state index contributed by atoms with van der Waals surface area (Å²) in [5.41, 5.74) is 6.59. The number of nitrogens with zero attached hydrogens (tertiary/aromatic N) is 1. The molecule has 0 radical (unpaired) electrons. The highest BCUT2D eigenvalue weighted by Gasteiger charge is 2.48. The largest absolute Gasteiger partial charge is 0.507 e. The van der Waals surface area contributed by atoms with E-state index in [-0.39, 0.29) is 11.3 Å². The Morgan fingerprint density at radius 2 is 1.70 bits per heavy atom. The molecular weight excluding hydrogens is 464 g/mol. The third-order valence-electron chi connectivity index (χ3n) is 7.18. The Bertz CT molecular complexity index is 1590. The SMILES string of the molecule is CCOc1ccc(/C(O)=C2\C(=O)C(=O)N(c3ccc(C)c(C)c3)C2c2c(C)[nH]c3ccccc23)cc1C. The molecule has 6 heteroatoms. The second-order valence-corrected chi connectivity index (χ2v) is 9.56. The molecule has 0 saturated carbocycles. The van der Waals surface area contributed by atoms with Crippen molar-refractivity contribution < 1.29 is 19.4 Å². The maximum atomic E-state index is 13.6. The molecular formula is C31H30N2O4. The molecule has 0 aliphatic carbocycles. The van der Waals surface area contributed by atoms with Crippen molar-refractivity contribution in [2.24, 2.45) is 0 Å². The number of carbonyl (C=O) groups is 2. The Kier molecular flexibility index (Phi) is 6.12. The molecule has 0 bridgehead atoms. The summed E-state index contributed by atoms with van der Waals surface area (Å²) < 4.78 is 5.64. The standard InChI is InChI=1S/C31H30N2O4/c1-6-37-25-14-12-21(15-19(25)4)29(34)27-28(26-20(5)32-24-10-8-7-9-23(24)26)33(31(36)30(27)35)22-13-11-17(2)18(3)16-22/h7-16,28,32,34H,6H2,1-5H3/b29-27+. The number of carbonyl (C=O) groups excluding carboxylic acids is 2. The van der Waals surface area contributed by atoms with E-state index in [0.29, 0.717) is 23.6 Å². The molecule has 1 aromatic heterocycles. The fourth-order valence-electron chi connectivity index (χ4n) is 5.17. The van der Waals surface area contributed by atoms with E-state index < -0.39 is 17.7 Å². The van der Waals surface area contributed by atoms with Crippen LogP contribution < -0.4 is 9.64 Å². The van der Waals surface area contributed by atoms with E-state index in [0.717, 1.165) is 38.9 Å². The summed E-state index contributed by atoms with van der Waals surface area (Å²) in [5.74, 6) is -0.872. The van der Waals surface area contributed by atoms with Gasteiger partial charge in [-0.25, -0.2) is 0 Å². The van der Waals surface area contributed by atoms with Gasteiger partial charge in [-0.2, -0.15) is 0 Å². The van der Waals surface area contributed by atoms with Gasteiger partial charge >= 0.3 is 0 Å².